The van der Waals surface area contributed by atoms with Gasteiger partial charge in [-0.25, -0.2) is 18.0 Å². The monoisotopic (exact) mass is 435 g/mol. The van der Waals surface area contributed by atoms with Crippen molar-refractivity contribution in [3.63, 3.8) is 0 Å². The Hall–Kier alpha value is -3.01. The van der Waals surface area contributed by atoms with E-state index in [0.29, 0.717) is 17.8 Å². The van der Waals surface area contributed by atoms with Crippen molar-refractivity contribution in [3.8, 4) is 0 Å². The van der Waals surface area contributed by atoms with E-state index in [2.05, 4.69) is 4.98 Å². The van der Waals surface area contributed by atoms with E-state index in [1.165, 1.54) is 6.92 Å². The maximum Gasteiger partial charge on any atom is 0.345 e. The van der Waals surface area contributed by atoms with E-state index in [1.807, 2.05) is 0 Å². The van der Waals surface area contributed by atoms with E-state index in [1.54, 1.807) is 25.1 Å². The number of hydrogen-bond acceptors (Lipinski definition) is 9. The molecule has 0 unspecified atom stereocenters. The van der Waals surface area contributed by atoms with Crippen molar-refractivity contribution >= 4 is 21.8 Å². The second-order valence-corrected chi connectivity index (χ2v) is 8.69. The molecular weight excluding hydrogens is 414 g/mol. The first-order valence-electron chi connectivity index (χ1n) is 9.44. The smallest absolute Gasteiger partial charge is 0.345 e. The minimum atomic E-state index is -3.84. The number of ether oxygens (including phenoxy) is 2. The van der Waals surface area contributed by atoms with Crippen LogP contribution in [0.3, 0.4) is 0 Å². The molecule has 0 aliphatic carbocycles. The van der Waals surface area contributed by atoms with Crippen molar-refractivity contribution in [1.29, 1.82) is 0 Å². The zero-order valence-corrected chi connectivity index (χ0v) is 17.4. The van der Waals surface area contributed by atoms with Crippen LogP contribution in [-0.2, 0) is 43.7 Å². The maximum absolute atomic E-state index is 13.1. The molecule has 0 radical (unpaired) electrons. The molecular formula is C20H21NO8S. The van der Waals surface area contributed by atoms with Crippen molar-refractivity contribution in [2.24, 2.45) is 0 Å². The number of sulfone groups is 1. The summed E-state index contributed by atoms with van der Waals surface area (Å²) in [7, 11) is -3.84. The number of aromatic nitrogens is 1. The van der Waals surface area contributed by atoms with Gasteiger partial charge in [-0.3, -0.25) is 9.78 Å². The molecule has 3 heterocycles. The second-order valence-electron chi connectivity index (χ2n) is 6.62. The molecule has 0 saturated heterocycles. The zero-order chi connectivity index (χ0) is 21.9. The fourth-order valence-corrected chi connectivity index (χ4v) is 4.51. The molecule has 0 amide bonds. The Kier molecular flexibility index (Phi) is 6.35. The third-order valence-electron chi connectivity index (χ3n) is 4.41. The predicted molar refractivity (Wildman–Crippen MR) is 105 cm³/mol. The molecule has 1 aliphatic rings. The van der Waals surface area contributed by atoms with E-state index in [9.17, 15) is 22.8 Å². The third kappa shape index (κ3) is 4.59. The number of aryl methyl sites for hydroxylation is 2. The number of carbonyl (C=O) groups is 2. The number of carbonyl (C=O) groups excluding carboxylic acids is 2. The lowest BCUT2D eigenvalue weighted by Crippen LogP contribution is -2.29. The summed E-state index contributed by atoms with van der Waals surface area (Å²) in [4.78, 5) is 42.4. The van der Waals surface area contributed by atoms with Crippen LogP contribution in [0.5, 0.6) is 0 Å². The number of rotatable bonds is 4. The van der Waals surface area contributed by atoms with Gasteiger partial charge < -0.3 is 13.9 Å². The molecule has 2 aromatic rings. The lowest BCUT2D eigenvalue weighted by atomic mass is 10.0. The molecule has 0 spiro atoms. The zero-order valence-electron chi connectivity index (χ0n) is 16.6. The van der Waals surface area contributed by atoms with Crippen LogP contribution in [0.4, 0.5) is 0 Å². The molecule has 0 fully saturated rings. The Bertz CT molecular complexity index is 1150. The summed E-state index contributed by atoms with van der Waals surface area (Å²) >= 11 is 0. The topological polar surface area (TPSA) is 130 Å². The minimum absolute atomic E-state index is 0.00614. The molecule has 160 valence electrons. The maximum atomic E-state index is 13.1. The first kappa shape index (κ1) is 21.7. The van der Waals surface area contributed by atoms with Gasteiger partial charge in [-0.2, -0.15) is 0 Å². The molecule has 2 aromatic heterocycles. The fraction of sp³-hybridized carbons (Fsp3) is 0.400. The van der Waals surface area contributed by atoms with Gasteiger partial charge in [0.25, 0.3) is 0 Å². The second kappa shape index (κ2) is 8.78. The molecule has 4 bridgehead atoms. The Labute approximate surface area is 172 Å². The van der Waals surface area contributed by atoms with Crippen LogP contribution in [0.25, 0.3) is 0 Å². The van der Waals surface area contributed by atoms with E-state index < -0.39 is 44.1 Å². The lowest BCUT2D eigenvalue weighted by molar-refractivity contribution is 0.0513. The fourth-order valence-electron chi connectivity index (χ4n) is 3.19. The van der Waals surface area contributed by atoms with Crippen LogP contribution < -0.4 is 5.43 Å². The van der Waals surface area contributed by atoms with Gasteiger partial charge in [-0.15, -0.1) is 0 Å². The van der Waals surface area contributed by atoms with Crippen LogP contribution >= 0.6 is 0 Å². The quantitative estimate of drug-likeness (QED) is 0.657. The summed E-state index contributed by atoms with van der Waals surface area (Å²) in [5.74, 6) is -3.50. The number of esters is 2. The summed E-state index contributed by atoms with van der Waals surface area (Å²) in [6.07, 6.45) is 0.386. The van der Waals surface area contributed by atoms with Crippen molar-refractivity contribution < 1.29 is 31.9 Å². The first-order valence-corrected chi connectivity index (χ1v) is 11.3. The van der Waals surface area contributed by atoms with Crippen molar-refractivity contribution in [2.75, 3.05) is 13.2 Å². The number of pyridine rings is 1. The SMILES string of the molecule is CCOC(=O)c1c2oc(c(C(=O)OCC)c1=O)CS(=O)(=O)Cc1cccc(n1)CC2. The average Bonchev–Trinajstić information content (AvgIpc) is 2.66. The van der Waals surface area contributed by atoms with E-state index in [0.717, 1.165) is 0 Å². The molecule has 0 aromatic carbocycles. The van der Waals surface area contributed by atoms with Crippen LogP contribution in [0.2, 0.25) is 0 Å². The van der Waals surface area contributed by atoms with Gasteiger partial charge in [-0.1, -0.05) is 6.07 Å². The molecule has 30 heavy (non-hydrogen) atoms. The molecule has 0 N–H and O–H groups in total. The Balaban J connectivity index is 2.27. The van der Waals surface area contributed by atoms with Gasteiger partial charge in [0.05, 0.1) is 24.7 Å². The molecule has 0 atom stereocenters. The summed E-state index contributed by atoms with van der Waals surface area (Å²) in [5, 5.41) is 0. The molecule has 3 rings (SSSR count). The third-order valence-corrected chi connectivity index (χ3v) is 5.85. The Morgan fingerprint density at radius 3 is 2.20 bits per heavy atom. The average molecular weight is 435 g/mol. The van der Waals surface area contributed by atoms with E-state index >= 15 is 0 Å². The standard InChI is InChI=1S/C20H21NO8S/c1-3-27-19(23)16-14-9-8-12-6-5-7-13(21-12)10-30(25,26)11-15(29-14)17(18(16)22)20(24)28-4-2/h5-7H,3-4,8-11H2,1-2H3. The number of nitrogens with zero attached hydrogens (tertiary/aromatic N) is 1. The normalized spacial score (nSPS) is 15.0. The first-order chi connectivity index (χ1) is 14.3. The Morgan fingerprint density at radius 1 is 0.967 bits per heavy atom. The highest BCUT2D eigenvalue weighted by atomic mass is 32.2. The van der Waals surface area contributed by atoms with Crippen LogP contribution in [-0.4, -0.2) is 38.6 Å². The Morgan fingerprint density at radius 2 is 1.57 bits per heavy atom. The molecule has 10 heteroatoms. The number of fused-ring (bicyclic) bond motifs is 4. The summed E-state index contributed by atoms with van der Waals surface area (Å²) in [5.41, 5.74) is -1.08. The largest absolute Gasteiger partial charge is 0.463 e. The van der Waals surface area contributed by atoms with Crippen LogP contribution in [0.15, 0.2) is 27.4 Å². The lowest BCUT2D eigenvalue weighted by Gasteiger charge is -2.13. The molecule has 1 aliphatic heterocycles. The summed E-state index contributed by atoms with van der Waals surface area (Å²) < 4.78 is 41.0. The minimum Gasteiger partial charge on any atom is -0.463 e. The van der Waals surface area contributed by atoms with Gasteiger partial charge >= 0.3 is 11.9 Å². The van der Waals surface area contributed by atoms with Crippen LogP contribution in [0, 0.1) is 0 Å². The predicted octanol–water partition coefficient (Wildman–Crippen LogP) is 1.60. The van der Waals surface area contributed by atoms with Crippen molar-refractivity contribution in [2.45, 2.75) is 38.2 Å². The van der Waals surface area contributed by atoms with Gasteiger partial charge in [-0.05, 0) is 32.4 Å². The van der Waals surface area contributed by atoms with E-state index in [4.69, 9.17) is 13.9 Å². The highest BCUT2D eigenvalue weighted by Gasteiger charge is 2.32. The van der Waals surface area contributed by atoms with Gasteiger partial charge in [0.15, 0.2) is 9.84 Å². The summed E-state index contributed by atoms with van der Waals surface area (Å²) in [6, 6.07) is 4.98. The van der Waals surface area contributed by atoms with Crippen molar-refractivity contribution in [3.05, 3.63) is 62.5 Å². The molecule has 0 saturated carbocycles. The molecule has 9 nitrogen and oxygen atoms in total. The van der Waals surface area contributed by atoms with E-state index in [-0.39, 0.29) is 36.9 Å². The van der Waals surface area contributed by atoms with Crippen LogP contribution in [0.1, 0.15) is 57.5 Å². The number of hydrogen-bond donors (Lipinski definition) is 0. The van der Waals surface area contributed by atoms with Gasteiger partial charge in [0.1, 0.15) is 28.4 Å². The highest BCUT2D eigenvalue weighted by molar-refractivity contribution is 7.89. The van der Waals surface area contributed by atoms with Crippen molar-refractivity contribution in [1.82, 2.24) is 4.98 Å². The highest BCUT2D eigenvalue weighted by Crippen LogP contribution is 2.22. The summed E-state index contributed by atoms with van der Waals surface area (Å²) in [6.45, 7) is 3.07. The van der Waals surface area contributed by atoms with Gasteiger partial charge in [0.2, 0.25) is 5.43 Å². The van der Waals surface area contributed by atoms with Gasteiger partial charge in [0, 0.05) is 12.1 Å².